The molecule has 2 amide bonds. The number of benzene rings is 3. The van der Waals surface area contributed by atoms with Crippen LogP contribution >= 0.6 is 34.8 Å². The second-order valence-corrected chi connectivity index (χ2v) is 11.9. The molecule has 1 N–H and O–H groups in total. The Morgan fingerprint density at radius 1 is 0.927 bits per heavy atom. The van der Waals surface area contributed by atoms with Crippen molar-refractivity contribution < 1.29 is 27.5 Å². The molecule has 0 fully saturated rings. The van der Waals surface area contributed by atoms with Gasteiger partial charge in [0.25, 0.3) is 10.0 Å². The van der Waals surface area contributed by atoms with Gasteiger partial charge >= 0.3 is 0 Å². The number of rotatable bonds is 12. The van der Waals surface area contributed by atoms with Gasteiger partial charge in [-0.1, -0.05) is 40.9 Å². The van der Waals surface area contributed by atoms with Crippen molar-refractivity contribution in [1.82, 2.24) is 10.2 Å². The number of anilines is 1. The Morgan fingerprint density at radius 2 is 1.54 bits per heavy atom. The van der Waals surface area contributed by atoms with Crippen LogP contribution in [0.15, 0.2) is 65.6 Å². The van der Waals surface area contributed by atoms with Gasteiger partial charge in [0.05, 0.1) is 24.8 Å². The third kappa shape index (κ3) is 7.56. The summed E-state index contributed by atoms with van der Waals surface area (Å²) in [6, 6.07) is 14.0. The highest BCUT2D eigenvalue weighted by atomic mass is 35.5. The maximum Gasteiger partial charge on any atom is 0.264 e. The van der Waals surface area contributed by atoms with Gasteiger partial charge in [0.15, 0.2) is 11.5 Å². The van der Waals surface area contributed by atoms with Gasteiger partial charge in [-0.2, -0.15) is 0 Å². The molecular formula is C28H30Cl3N3O6S. The fraction of sp³-hybridized carbons (Fsp3) is 0.286. The largest absolute Gasteiger partial charge is 0.493 e. The smallest absolute Gasteiger partial charge is 0.264 e. The molecule has 3 rings (SSSR count). The van der Waals surface area contributed by atoms with Crippen molar-refractivity contribution in [2.45, 2.75) is 31.3 Å². The molecule has 0 saturated heterocycles. The van der Waals surface area contributed by atoms with Gasteiger partial charge in [-0.25, -0.2) is 8.42 Å². The Hall–Kier alpha value is -3.18. The van der Waals surface area contributed by atoms with Crippen LogP contribution in [0.1, 0.15) is 19.4 Å². The number of sulfonamides is 1. The molecular weight excluding hydrogens is 613 g/mol. The minimum absolute atomic E-state index is 0.138. The summed E-state index contributed by atoms with van der Waals surface area (Å²) in [6.45, 7) is 2.84. The molecule has 0 spiro atoms. The van der Waals surface area contributed by atoms with Crippen molar-refractivity contribution >= 4 is 62.3 Å². The molecule has 220 valence electrons. The van der Waals surface area contributed by atoms with E-state index in [9.17, 15) is 18.0 Å². The Balaban J connectivity index is 2.10. The van der Waals surface area contributed by atoms with Gasteiger partial charge < -0.3 is 19.7 Å². The zero-order valence-corrected chi connectivity index (χ0v) is 25.9. The number of hydrogen-bond acceptors (Lipinski definition) is 6. The molecule has 3 aromatic rings. The summed E-state index contributed by atoms with van der Waals surface area (Å²) in [5.74, 6) is -0.571. The van der Waals surface area contributed by atoms with Crippen molar-refractivity contribution in [2.24, 2.45) is 0 Å². The fourth-order valence-corrected chi connectivity index (χ4v) is 6.07. The number of likely N-dealkylation sites (N-methyl/N-ethyl adjacent to an activating group) is 1. The number of nitrogens with one attached hydrogen (secondary N) is 1. The first-order valence-corrected chi connectivity index (χ1v) is 15.0. The molecule has 41 heavy (non-hydrogen) atoms. The lowest BCUT2D eigenvalue weighted by Gasteiger charge is -2.32. The normalized spacial score (nSPS) is 11.9. The van der Waals surface area contributed by atoms with Crippen molar-refractivity contribution in [1.29, 1.82) is 0 Å². The molecule has 0 bridgehead atoms. The van der Waals surface area contributed by atoms with Crippen molar-refractivity contribution in [3.05, 3.63) is 81.3 Å². The van der Waals surface area contributed by atoms with Gasteiger partial charge in [-0.15, -0.1) is 0 Å². The van der Waals surface area contributed by atoms with Crippen molar-refractivity contribution in [3.8, 4) is 11.5 Å². The van der Waals surface area contributed by atoms with Gasteiger partial charge in [-0.3, -0.25) is 13.9 Å². The van der Waals surface area contributed by atoms with Crippen LogP contribution < -0.4 is 19.1 Å². The van der Waals surface area contributed by atoms with E-state index in [4.69, 9.17) is 44.3 Å². The highest BCUT2D eigenvalue weighted by Gasteiger charge is 2.33. The second-order valence-electron chi connectivity index (χ2n) is 8.80. The van der Waals surface area contributed by atoms with Crippen LogP contribution in [0.5, 0.6) is 11.5 Å². The lowest BCUT2D eigenvalue weighted by atomic mass is 10.1. The molecule has 0 aromatic heterocycles. The number of nitrogens with zero attached hydrogens (tertiary/aromatic N) is 2. The van der Waals surface area contributed by atoms with E-state index in [-0.39, 0.29) is 22.9 Å². The van der Waals surface area contributed by atoms with Crippen LogP contribution in [0.25, 0.3) is 0 Å². The summed E-state index contributed by atoms with van der Waals surface area (Å²) in [5.41, 5.74) is 0.597. The quantitative estimate of drug-likeness (QED) is 0.283. The molecule has 3 aromatic carbocycles. The van der Waals surface area contributed by atoms with Crippen LogP contribution in [0.4, 0.5) is 5.69 Å². The van der Waals surface area contributed by atoms with Crippen molar-refractivity contribution in [2.75, 3.05) is 31.6 Å². The molecule has 9 nitrogen and oxygen atoms in total. The van der Waals surface area contributed by atoms with Crippen LogP contribution in [-0.2, 0) is 26.2 Å². The average Bonchev–Trinajstić information content (AvgIpc) is 2.95. The molecule has 0 unspecified atom stereocenters. The van der Waals surface area contributed by atoms with Crippen LogP contribution in [0.3, 0.4) is 0 Å². The zero-order chi connectivity index (χ0) is 30.3. The highest BCUT2D eigenvalue weighted by Crippen LogP contribution is 2.33. The summed E-state index contributed by atoms with van der Waals surface area (Å²) in [4.78, 5) is 27.9. The topological polar surface area (TPSA) is 105 Å². The predicted octanol–water partition coefficient (Wildman–Crippen LogP) is 5.41. The molecule has 0 saturated carbocycles. The highest BCUT2D eigenvalue weighted by molar-refractivity contribution is 7.92. The SMILES string of the molecule is CCNC(=O)[C@H](C)N(Cc1c(Cl)cccc1Cl)C(=O)CN(c1ccc(Cl)cc1)S(=O)(=O)c1ccc(OC)c(OC)c1. The van der Waals surface area contributed by atoms with E-state index in [0.717, 1.165) is 4.31 Å². The maximum absolute atomic E-state index is 14.0. The summed E-state index contributed by atoms with van der Waals surface area (Å²) >= 11 is 18.8. The number of carbonyl (C=O) groups excluding carboxylic acids is 2. The Bertz CT molecular complexity index is 1480. The summed E-state index contributed by atoms with van der Waals surface area (Å²) in [7, 11) is -1.53. The minimum Gasteiger partial charge on any atom is -0.493 e. The summed E-state index contributed by atoms with van der Waals surface area (Å²) in [5, 5.41) is 3.67. The molecule has 1 atom stereocenters. The van der Waals surface area contributed by atoms with E-state index >= 15 is 0 Å². The number of halogens is 3. The molecule has 0 aliphatic rings. The molecule has 0 heterocycles. The maximum atomic E-state index is 14.0. The Kier molecular flexibility index (Phi) is 11.1. The Labute approximate surface area is 254 Å². The lowest BCUT2D eigenvalue weighted by molar-refractivity contribution is -0.139. The van der Waals surface area contributed by atoms with Crippen LogP contribution in [0.2, 0.25) is 15.1 Å². The molecule has 13 heteroatoms. The molecule has 0 aliphatic carbocycles. The van der Waals surface area contributed by atoms with Crippen LogP contribution in [-0.4, -0.2) is 58.5 Å². The van der Waals surface area contributed by atoms with E-state index in [0.29, 0.717) is 32.9 Å². The summed E-state index contributed by atoms with van der Waals surface area (Å²) in [6.07, 6.45) is 0. The fourth-order valence-electron chi connectivity index (χ4n) is 4.00. The lowest BCUT2D eigenvalue weighted by Crippen LogP contribution is -2.51. The zero-order valence-electron chi connectivity index (χ0n) is 22.9. The number of ether oxygens (including phenoxy) is 2. The van der Waals surface area contributed by atoms with E-state index in [1.165, 1.54) is 61.6 Å². The number of carbonyl (C=O) groups is 2. The third-order valence-corrected chi connectivity index (χ3v) is 8.97. The minimum atomic E-state index is -4.34. The second kappa shape index (κ2) is 14.1. The van der Waals surface area contributed by atoms with Crippen LogP contribution in [0, 0.1) is 0 Å². The third-order valence-electron chi connectivity index (χ3n) is 6.24. The number of methoxy groups -OCH3 is 2. The summed E-state index contributed by atoms with van der Waals surface area (Å²) < 4.78 is 39.5. The first-order chi connectivity index (χ1) is 19.4. The van der Waals surface area contributed by atoms with Gasteiger partial charge in [0.1, 0.15) is 12.6 Å². The number of amides is 2. The van der Waals surface area contributed by atoms with Gasteiger partial charge in [0, 0.05) is 39.8 Å². The Morgan fingerprint density at radius 3 is 2.10 bits per heavy atom. The first kappa shape index (κ1) is 32.3. The van der Waals surface area contributed by atoms with E-state index in [1.54, 1.807) is 32.0 Å². The molecule has 0 radical (unpaired) electrons. The first-order valence-electron chi connectivity index (χ1n) is 12.4. The van der Waals surface area contributed by atoms with E-state index < -0.39 is 34.4 Å². The van der Waals surface area contributed by atoms with Gasteiger partial charge in [-0.05, 0) is 62.4 Å². The standard InChI is InChI=1S/C28H30Cl3N3O6S/c1-5-32-28(36)18(2)33(16-22-23(30)7-6-8-24(22)31)27(35)17-34(20-11-9-19(29)10-12-20)41(37,38)21-13-14-25(39-3)26(15-21)40-4/h6-15,18H,5,16-17H2,1-4H3,(H,32,36)/t18-/m0/s1. The number of hydrogen-bond donors (Lipinski definition) is 1. The van der Waals surface area contributed by atoms with E-state index in [2.05, 4.69) is 5.32 Å². The monoisotopic (exact) mass is 641 g/mol. The molecule has 0 aliphatic heterocycles. The van der Waals surface area contributed by atoms with Crippen molar-refractivity contribution in [3.63, 3.8) is 0 Å². The predicted molar refractivity (Wildman–Crippen MR) is 161 cm³/mol. The van der Waals surface area contributed by atoms with Gasteiger partial charge in [0.2, 0.25) is 11.8 Å². The average molecular weight is 643 g/mol. The van der Waals surface area contributed by atoms with E-state index in [1.807, 2.05) is 0 Å².